The summed E-state index contributed by atoms with van der Waals surface area (Å²) >= 11 is 0. The van der Waals surface area contributed by atoms with E-state index in [9.17, 15) is 18.6 Å². The second kappa shape index (κ2) is 10.6. The van der Waals surface area contributed by atoms with Crippen molar-refractivity contribution in [2.45, 2.75) is 49.7 Å². The number of sulfone groups is 1. The summed E-state index contributed by atoms with van der Waals surface area (Å²) in [4.78, 5) is 0.135. The highest BCUT2D eigenvalue weighted by atomic mass is 32.2. The molecule has 0 aliphatic rings. The first-order chi connectivity index (χ1) is 17.5. The maximum absolute atomic E-state index is 14.4. The third kappa shape index (κ3) is 5.89. The molecule has 0 unspecified atom stereocenters. The summed E-state index contributed by atoms with van der Waals surface area (Å²) in [7, 11) is -4.12. The summed E-state index contributed by atoms with van der Waals surface area (Å²) in [5.41, 5.74) is 2.22. The van der Waals surface area contributed by atoms with Crippen molar-refractivity contribution in [3.63, 3.8) is 0 Å². The molecule has 0 fully saturated rings. The van der Waals surface area contributed by atoms with Crippen LogP contribution >= 0.6 is 0 Å². The Bertz CT molecular complexity index is 1380. The zero-order valence-corrected chi connectivity index (χ0v) is 22.0. The van der Waals surface area contributed by atoms with Crippen LogP contribution in [0.4, 0.5) is 0 Å². The maximum Gasteiger partial charge on any atom is 0.208 e. The number of benzene rings is 4. The first-order valence-electron chi connectivity index (χ1n) is 12.0. The predicted octanol–water partition coefficient (Wildman–Crippen LogP) is 6.84. The van der Waals surface area contributed by atoms with Gasteiger partial charge in [0.2, 0.25) is 9.84 Å². The van der Waals surface area contributed by atoms with Crippen molar-refractivity contribution < 1.29 is 28.1 Å². The third-order valence-electron chi connectivity index (χ3n) is 5.59. The molecule has 7 heteroatoms. The number of hydrogen-bond acceptors (Lipinski definition) is 6. The highest BCUT2D eigenvalue weighted by molar-refractivity contribution is 7.91. The molecule has 0 amide bonds. The SMILES string of the molecule is CC(C)Oc1ccc(-c2ccc(O)cc2)c(S(=O)(=O)c2cc(OC(C)C)ccc2-c2ccc(O)cc2)c1. The fourth-order valence-electron chi connectivity index (χ4n) is 4.02. The molecular formula is C30H30O6S. The van der Waals surface area contributed by atoms with Crippen molar-refractivity contribution >= 4 is 9.84 Å². The Labute approximate surface area is 217 Å². The van der Waals surface area contributed by atoms with Gasteiger partial charge in [-0.2, -0.15) is 0 Å². The minimum atomic E-state index is -4.12. The summed E-state index contributed by atoms with van der Waals surface area (Å²) in [5.74, 6) is 1.02. The second-order valence-electron chi connectivity index (χ2n) is 9.25. The van der Waals surface area contributed by atoms with Crippen molar-refractivity contribution in [3.05, 3.63) is 84.9 Å². The minimum Gasteiger partial charge on any atom is -0.508 e. The summed E-state index contributed by atoms with van der Waals surface area (Å²) in [5, 5.41) is 19.5. The van der Waals surface area contributed by atoms with Gasteiger partial charge in [0.1, 0.15) is 23.0 Å². The van der Waals surface area contributed by atoms with Gasteiger partial charge in [0.25, 0.3) is 0 Å². The monoisotopic (exact) mass is 518 g/mol. The van der Waals surface area contributed by atoms with Crippen molar-refractivity contribution in [2.75, 3.05) is 0 Å². The van der Waals surface area contributed by atoms with Gasteiger partial charge in [0.05, 0.1) is 22.0 Å². The number of aromatic hydroxyl groups is 2. The van der Waals surface area contributed by atoms with Crippen molar-refractivity contribution in [1.29, 1.82) is 0 Å². The highest BCUT2D eigenvalue weighted by Crippen LogP contribution is 2.40. The molecule has 0 aliphatic carbocycles. The Balaban J connectivity index is 1.98. The topological polar surface area (TPSA) is 93.1 Å². The van der Waals surface area contributed by atoms with Gasteiger partial charge in [-0.1, -0.05) is 24.3 Å². The largest absolute Gasteiger partial charge is 0.508 e. The fraction of sp³-hybridized carbons (Fsp3) is 0.200. The molecule has 0 aromatic heterocycles. The Kier molecular flexibility index (Phi) is 7.45. The molecule has 0 atom stereocenters. The molecule has 4 aromatic carbocycles. The van der Waals surface area contributed by atoms with Crippen molar-refractivity contribution in [2.24, 2.45) is 0 Å². The summed E-state index contributed by atoms with van der Waals surface area (Å²) < 4.78 is 40.5. The van der Waals surface area contributed by atoms with Gasteiger partial charge >= 0.3 is 0 Å². The quantitative estimate of drug-likeness (QED) is 0.265. The van der Waals surface area contributed by atoms with Crippen molar-refractivity contribution in [1.82, 2.24) is 0 Å². The average molecular weight is 519 g/mol. The number of hydrogen-bond donors (Lipinski definition) is 2. The second-order valence-corrected chi connectivity index (χ2v) is 11.1. The molecule has 0 saturated carbocycles. The molecule has 37 heavy (non-hydrogen) atoms. The molecule has 4 aromatic rings. The standard InChI is InChI=1S/C30H30O6S/c1-19(2)35-25-13-15-27(21-5-9-23(31)10-6-21)29(17-25)37(33,34)30-18-26(36-20(3)4)14-16-28(30)22-7-11-24(32)12-8-22/h5-20,31-32H,1-4H3. The number of ether oxygens (including phenoxy) is 2. The molecule has 6 nitrogen and oxygen atoms in total. The van der Waals surface area contributed by atoms with Crippen LogP contribution in [0.1, 0.15) is 27.7 Å². The van der Waals surface area contributed by atoms with Crippen LogP contribution in [0.3, 0.4) is 0 Å². The fourth-order valence-corrected chi connectivity index (χ4v) is 5.75. The van der Waals surface area contributed by atoms with E-state index < -0.39 is 9.84 Å². The predicted molar refractivity (Wildman–Crippen MR) is 144 cm³/mol. The zero-order chi connectivity index (χ0) is 26.7. The molecule has 0 spiro atoms. The van der Waals surface area contributed by atoms with Crippen LogP contribution in [0.5, 0.6) is 23.0 Å². The number of phenols is 2. The van der Waals surface area contributed by atoms with Gasteiger partial charge in [-0.05, 0) is 99.5 Å². The molecule has 0 saturated heterocycles. The van der Waals surface area contributed by atoms with Gasteiger partial charge in [-0.15, -0.1) is 0 Å². The summed E-state index contributed by atoms with van der Waals surface area (Å²) in [6.45, 7) is 7.49. The van der Waals surface area contributed by atoms with E-state index >= 15 is 0 Å². The number of rotatable bonds is 8. The van der Waals surface area contributed by atoms with Crippen molar-refractivity contribution in [3.8, 4) is 45.3 Å². The van der Waals surface area contributed by atoms with E-state index in [2.05, 4.69) is 0 Å². The third-order valence-corrected chi connectivity index (χ3v) is 7.42. The van der Waals surface area contributed by atoms with Gasteiger partial charge in [-0.3, -0.25) is 0 Å². The maximum atomic E-state index is 14.4. The Morgan fingerprint density at radius 1 is 0.568 bits per heavy atom. The van der Waals surface area contributed by atoms with E-state index in [-0.39, 0.29) is 33.5 Å². The van der Waals surface area contributed by atoms with E-state index in [1.807, 2.05) is 27.7 Å². The van der Waals surface area contributed by atoms with Crippen LogP contribution in [-0.2, 0) is 9.84 Å². The minimum absolute atomic E-state index is 0.0677. The Hall–Kier alpha value is -3.97. The Morgan fingerprint density at radius 3 is 1.24 bits per heavy atom. The summed E-state index contributed by atoms with van der Waals surface area (Å²) in [6, 6.07) is 22.7. The highest BCUT2D eigenvalue weighted by Gasteiger charge is 2.27. The van der Waals surface area contributed by atoms with Crippen LogP contribution in [-0.4, -0.2) is 30.8 Å². The van der Waals surface area contributed by atoms with Crippen LogP contribution in [0.2, 0.25) is 0 Å². The molecule has 0 bridgehead atoms. The van der Waals surface area contributed by atoms with Gasteiger partial charge < -0.3 is 19.7 Å². The summed E-state index contributed by atoms with van der Waals surface area (Å²) in [6.07, 6.45) is -0.296. The lowest BCUT2D eigenvalue weighted by Gasteiger charge is -2.18. The zero-order valence-electron chi connectivity index (χ0n) is 21.2. The molecular weight excluding hydrogens is 488 g/mol. The average Bonchev–Trinajstić information content (AvgIpc) is 2.84. The number of phenolic OH excluding ortho intramolecular Hbond substituents is 2. The van der Waals surface area contributed by atoms with Crippen LogP contribution in [0.25, 0.3) is 22.3 Å². The lowest BCUT2D eigenvalue weighted by molar-refractivity contribution is 0.241. The normalized spacial score (nSPS) is 11.6. The van der Waals surface area contributed by atoms with E-state index in [0.717, 1.165) is 0 Å². The molecule has 192 valence electrons. The Morgan fingerprint density at radius 2 is 0.919 bits per heavy atom. The van der Waals surface area contributed by atoms with Gasteiger partial charge in [0, 0.05) is 11.1 Å². The molecule has 2 N–H and O–H groups in total. The van der Waals surface area contributed by atoms with E-state index in [1.165, 1.54) is 36.4 Å². The molecule has 4 rings (SSSR count). The molecule has 0 aliphatic heterocycles. The van der Waals surface area contributed by atoms with Crippen LogP contribution in [0, 0.1) is 0 Å². The first kappa shape index (κ1) is 26.1. The lowest BCUT2D eigenvalue weighted by atomic mass is 10.1. The smallest absolute Gasteiger partial charge is 0.208 e. The first-order valence-corrected chi connectivity index (χ1v) is 13.5. The van der Waals surface area contributed by atoms with Gasteiger partial charge in [0.15, 0.2) is 0 Å². The van der Waals surface area contributed by atoms with Crippen LogP contribution < -0.4 is 9.47 Å². The molecule has 0 heterocycles. The van der Waals surface area contributed by atoms with Crippen LogP contribution in [0.15, 0.2) is 94.7 Å². The lowest BCUT2D eigenvalue weighted by Crippen LogP contribution is -2.10. The molecule has 0 radical (unpaired) electrons. The van der Waals surface area contributed by atoms with E-state index in [1.54, 1.807) is 48.5 Å². The van der Waals surface area contributed by atoms with E-state index in [4.69, 9.17) is 9.47 Å². The van der Waals surface area contributed by atoms with Gasteiger partial charge in [-0.25, -0.2) is 8.42 Å². The van der Waals surface area contributed by atoms with E-state index in [0.29, 0.717) is 33.8 Å².